The summed E-state index contributed by atoms with van der Waals surface area (Å²) in [5, 5.41) is 12.0. The molecule has 0 aliphatic heterocycles. The van der Waals surface area contributed by atoms with Gasteiger partial charge in [-0.3, -0.25) is 4.79 Å². The zero-order chi connectivity index (χ0) is 19.1. The summed E-state index contributed by atoms with van der Waals surface area (Å²) in [4.78, 5) is 26.1. The number of carboxylic acid groups (broad SMARTS) is 1. The topological polar surface area (TPSA) is 108 Å². The summed E-state index contributed by atoms with van der Waals surface area (Å²) >= 11 is 0. The maximum atomic E-state index is 11.7. The van der Waals surface area contributed by atoms with Crippen LogP contribution in [0.15, 0.2) is 24.8 Å². The maximum absolute atomic E-state index is 11.7. The van der Waals surface area contributed by atoms with E-state index < -0.39 is 6.09 Å². The number of nitrogens with zero attached hydrogens (tertiary/aromatic N) is 2. The second-order valence-corrected chi connectivity index (χ2v) is 5.80. The molecule has 0 bridgehead atoms. The molecule has 0 unspecified atom stereocenters. The van der Waals surface area contributed by atoms with Gasteiger partial charge < -0.3 is 30.7 Å². The highest BCUT2D eigenvalue weighted by Crippen LogP contribution is 2.35. The lowest BCUT2D eigenvalue weighted by Gasteiger charge is -2.28. The first kappa shape index (κ1) is 20.1. The molecule has 0 spiro atoms. The number of nitrogens with one attached hydrogen (secondary N) is 1. The smallest absolute Gasteiger partial charge is 0.407 e. The highest BCUT2D eigenvalue weighted by Gasteiger charge is 2.18. The van der Waals surface area contributed by atoms with E-state index in [1.54, 1.807) is 19.2 Å². The van der Waals surface area contributed by atoms with E-state index in [4.69, 9.17) is 10.5 Å². The summed E-state index contributed by atoms with van der Waals surface area (Å²) in [6, 6.07) is 3.17. The Labute approximate surface area is 147 Å². The number of methoxy groups -OCH3 is 1. The van der Waals surface area contributed by atoms with Gasteiger partial charge in [-0.25, -0.2) is 4.79 Å². The van der Waals surface area contributed by atoms with Crippen LogP contribution >= 0.6 is 0 Å². The van der Waals surface area contributed by atoms with Crippen molar-refractivity contribution in [2.75, 3.05) is 43.2 Å². The zero-order valence-corrected chi connectivity index (χ0v) is 15.1. The van der Waals surface area contributed by atoms with Crippen molar-refractivity contribution in [1.82, 2.24) is 4.90 Å². The Morgan fingerprint density at radius 1 is 1.40 bits per heavy atom. The van der Waals surface area contributed by atoms with Crippen LogP contribution in [0.1, 0.15) is 13.8 Å². The van der Waals surface area contributed by atoms with Gasteiger partial charge >= 0.3 is 6.09 Å². The molecule has 4 N–H and O–H groups in total. The number of rotatable bonds is 8. The van der Waals surface area contributed by atoms with Gasteiger partial charge in [0.25, 0.3) is 0 Å². The van der Waals surface area contributed by atoms with Crippen molar-refractivity contribution in [1.29, 1.82) is 0 Å². The van der Waals surface area contributed by atoms with Crippen molar-refractivity contribution in [3.63, 3.8) is 0 Å². The van der Waals surface area contributed by atoms with Gasteiger partial charge in [0.15, 0.2) is 0 Å². The first-order valence-electron chi connectivity index (χ1n) is 7.82. The molecule has 0 radical (unpaired) electrons. The number of carbonyl (C=O) groups excluding carboxylic acids is 1. The average molecular weight is 350 g/mol. The summed E-state index contributed by atoms with van der Waals surface area (Å²) in [6.45, 7) is 7.80. The van der Waals surface area contributed by atoms with Gasteiger partial charge in [-0.15, -0.1) is 0 Å². The van der Waals surface area contributed by atoms with Crippen LogP contribution in [-0.4, -0.2) is 55.3 Å². The van der Waals surface area contributed by atoms with Crippen molar-refractivity contribution in [3.8, 4) is 5.75 Å². The molecular weight excluding hydrogens is 324 g/mol. The average Bonchev–Trinajstić information content (AvgIpc) is 2.54. The molecule has 1 rings (SSSR count). The Hall–Kier alpha value is -2.90. The fourth-order valence-electron chi connectivity index (χ4n) is 2.32. The molecule has 0 saturated carbocycles. The monoisotopic (exact) mass is 350 g/mol. The summed E-state index contributed by atoms with van der Waals surface area (Å²) in [7, 11) is 3.30. The number of likely N-dealkylation sites (N-methyl/N-ethyl adjacent to an activating group) is 1. The van der Waals surface area contributed by atoms with E-state index in [1.165, 1.54) is 12.0 Å². The van der Waals surface area contributed by atoms with Gasteiger partial charge in [-0.1, -0.05) is 6.58 Å². The van der Waals surface area contributed by atoms with E-state index in [0.717, 1.165) is 6.08 Å². The first-order chi connectivity index (χ1) is 11.7. The van der Waals surface area contributed by atoms with E-state index >= 15 is 0 Å². The van der Waals surface area contributed by atoms with Crippen molar-refractivity contribution >= 4 is 29.1 Å². The van der Waals surface area contributed by atoms with E-state index in [1.807, 2.05) is 18.7 Å². The van der Waals surface area contributed by atoms with Crippen molar-refractivity contribution in [3.05, 3.63) is 24.8 Å². The Bertz CT molecular complexity index is 646. The van der Waals surface area contributed by atoms with Crippen LogP contribution in [0.4, 0.5) is 21.9 Å². The minimum absolute atomic E-state index is 0.133. The molecule has 0 aliphatic rings. The van der Waals surface area contributed by atoms with Crippen LogP contribution in [0.3, 0.4) is 0 Å². The molecule has 0 fully saturated rings. The minimum atomic E-state index is -0.974. The van der Waals surface area contributed by atoms with Crippen molar-refractivity contribution in [2.24, 2.45) is 0 Å². The van der Waals surface area contributed by atoms with Crippen molar-refractivity contribution < 1.29 is 19.4 Å². The highest BCUT2D eigenvalue weighted by molar-refractivity contribution is 6.02. The minimum Gasteiger partial charge on any atom is -0.495 e. The van der Waals surface area contributed by atoms with E-state index in [2.05, 4.69) is 11.9 Å². The number of nitrogens with two attached hydrogens (primary N) is 1. The van der Waals surface area contributed by atoms with Gasteiger partial charge in [0, 0.05) is 32.2 Å². The summed E-state index contributed by atoms with van der Waals surface area (Å²) < 4.78 is 5.24. The Kier molecular flexibility index (Phi) is 7.10. The van der Waals surface area contributed by atoms with Crippen LogP contribution in [-0.2, 0) is 4.79 Å². The summed E-state index contributed by atoms with van der Waals surface area (Å²) in [5.74, 6) is 0.103. The van der Waals surface area contributed by atoms with Crippen LogP contribution in [0.5, 0.6) is 5.75 Å². The van der Waals surface area contributed by atoms with Gasteiger partial charge in [0.2, 0.25) is 5.91 Å². The number of ether oxygens (including phenoxy) is 1. The van der Waals surface area contributed by atoms with Crippen molar-refractivity contribution in [2.45, 2.75) is 19.9 Å². The quantitative estimate of drug-likeness (QED) is 0.490. The molecule has 0 aromatic heterocycles. The second-order valence-electron chi connectivity index (χ2n) is 5.80. The zero-order valence-electron chi connectivity index (χ0n) is 15.1. The number of carbonyl (C=O) groups is 2. The SMILES string of the molecule is C=CC(=O)Nc1cc(N)c(OC)cc1N(C)CCN(C(=O)O)C(C)C. The molecule has 0 heterocycles. The molecule has 1 aromatic carbocycles. The second kappa shape index (κ2) is 8.81. The number of nitrogen functional groups attached to an aromatic ring is 1. The van der Waals surface area contributed by atoms with E-state index in [-0.39, 0.29) is 11.9 Å². The third-order valence-electron chi connectivity index (χ3n) is 3.75. The maximum Gasteiger partial charge on any atom is 0.407 e. The number of anilines is 3. The number of benzene rings is 1. The normalized spacial score (nSPS) is 10.3. The fraction of sp³-hybridized carbons (Fsp3) is 0.412. The lowest BCUT2D eigenvalue weighted by molar-refractivity contribution is -0.111. The third kappa shape index (κ3) is 5.30. The number of amides is 2. The van der Waals surface area contributed by atoms with E-state index in [0.29, 0.717) is 35.9 Å². The molecule has 25 heavy (non-hydrogen) atoms. The molecule has 1 aromatic rings. The summed E-state index contributed by atoms with van der Waals surface area (Å²) in [6.07, 6.45) is 0.188. The van der Waals surface area contributed by atoms with Crippen LogP contribution in [0, 0.1) is 0 Å². The van der Waals surface area contributed by atoms with Crippen LogP contribution in [0.2, 0.25) is 0 Å². The predicted molar refractivity (Wildman–Crippen MR) is 99.4 cm³/mol. The molecule has 138 valence electrons. The third-order valence-corrected chi connectivity index (χ3v) is 3.75. The molecule has 8 heteroatoms. The van der Waals surface area contributed by atoms with Gasteiger partial charge in [0.05, 0.1) is 24.2 Å². The Morgan fingerprint density at radius 2 is 2.04 bits per heavy atom. The fourth-order valence-corrected chi connectivity index (χ4v) is 2.32. The predicted octanol–water partition coefficient (Wildman–Crippen LogP) is 2.23. The van der Waals surface area contributed by atoms with Gasteiger partial charge in [-0.05, 0) is 26.0 Å². The number of hydrogen-bond donors (Lipinski definition) is 3. The van der Waals surface area contributed by atoms with Crippen LogP contribution in [0.25, 0.3) is 0 Å². The Morgan fingerprint density at radius 3 is 2.52 bits per heavy atom. The Balaban J connectivity index is 3.08. The standard InChI is InChI=1S/C17H26N4O4/c1-6-16(22)19-13-9-12(18)15(25-5)10-14(13)20(4)7-8-21(11(2)3)17(23)24/h6,9-11H,1,7-8,18H2,2-5H3,(H,19,22)(H,23,24). The van der Waals surface area contributed by atoms with Crippen LogP contribution < -0.4 is 20.7 Å². The molecule has 2 amide bonds. The molecule has 0 aliphatic carbocycles. The molecular formula is C17H26N4O4. The lowest BCUT2D eigenvalue weighted by Crippen LogP contribution is -2.41. The van der Waals surface area contributed by atoms with E-state index in [9.17, 15) is 14.7 Å². The largest absolute Gasteiger partial charge is 0.495 e. The first-order valence-corrected chi connectivity index (χ1v) is 7.82. The molecule has 0 saturated heterocycles. The van der Waals surface area contributed by atoms with Gasteiger partial charge in [-0.2, -0.15) is 0 Å². The molecule has 8 nitrogen and oxygen atoms in total. The van der Waals surface area contributed by atoms with Gasteiger partial charge in [0.1, 0.15) is 5.75 Å². The number of hydrogen-bond acceptors (Lipinski definition) is 5. The summed E-state index contributed by atoms with van der Waals surface area (Å²) in [5.41, 5.74) is 7.46. The molecule has 0 atom stereocenters. The highest BCUT2D eigenvalue weighted by atomic mass is 16.5. The lowest BCUT2D eigenvalue weighted by atomic mass is 10.2.